The van der Waals surface area contributed by atoms with Crippen LogP contribution >= 0.6 is 0 Å². The molecule has 2 rings (SSSR count). The number of aliphatic hydroxyl groups is 1. The van der Waals surface area contributed by atoms with Crippen molar-refractivity contribution in [3.8, 4) is 0 Å². The first-order valence-electron chi connectivity index (χ1n) is 9.83. The molecule has 1 aromatic carbocycles. The average Bonchev–Trinajstić information content (AvgIpc) is 2.92. The Bertz CT molecular complexity index is 722. The fourth-order valence-corrected chi connectivity index (χ4v) is 4.02. The Hall–Kier alpha value is -2.28. The highest BCUT2D eigenvalue weighted by Gasteiger charge is 2.56. The lowest BCUT2D eigenvalue weighted by Crippen LogP contribution is -2.60. The zero-order valence-corrected chi connectivity index (χ0v) is 16.9. The van der Waals surface area contributed by atoms with Crippen molar-refractivity contribution in [1.82, 2.24) is 4.90 Å². The summed E-state index contributed by atoms with van der Waals surface area (Å²) in [6, 6.07) is 7.27. The third kappa shape index (κ3) is 4.95. The summed E-state index contributed by atoms with van der Waals surface area (Å²) in [5, 5.41) is 14.1. The number of nitrogens with zero attached hydrogens (tertiary/aromatic N) is 4. The Labute approximate surface area is 166 Å². The normalized spacial score (nSPS) is 23.8. The molecule has 1 saturated heterocycles. The molecule has 0 radical (unpaired) electrons. The first kappa shape index (κ1) is 22.0. The van der Waals surface area contributed by atoms with Gasteiger partial charge in [0.05, 0.1) is 12.1 Å². The van der Waals surface area contributed by atoms with E-state index in [1.165, 1.54) is 0 Å². The Balaban J connectivity index is 2.21. The number of aryl methyl sites for hydroxylation is 1. The van der Waals surface area contributed by atoms with Gasteiger partial charge in [-0.15, -0.1) is 0 Å². The molecule has 0 saturated carbocycles. The van der Waals surface area contributed by atoms with Gasteiger partial charge in [0.2, 0.25) is 0 Å². The van der Waals surface area contributed by atoms with Crippen molar-refractivity contribution >= 4 is 6.09 Å². The van der Waals surface area contributed by atoms with Crippen molar-refractivity contribution in [2.24, 2.45) is 10.8 Å². The summed E-state index contributed by atoms with van der Waals surface area (Å²) in [4.78, 5) is 17.0. The van der Waals surface area contributed by atoms with E-state index in [0.717, 1.165) is 11.1 Å². The van der Waals surface area contributed by atoms with E-state index in [4.69, 9.17) is 16.0 Å². The summed E-state index contributed by atoms with van der Waals surface area (Å²) in [7, 11) is 0. The van der Waals surface area contributed by atoms with Gasteiger partial charge in [-0.2, -0.15) is 0 Å². The van der Waals surface area contributed by atoms with Gasteiger partial charge in [0.25, 0.3) is 0 Å². The van der Waals surface area contributed by atoms with Crippen molar-refractivity contribution in [2.75, 3.05) is 13.1 Å². The Morgan fingerprint density at radius 3 is 2.86 bits per heavy atom. The molecular formula is C20H31N5O3. The Morgan fingerprint density at radius 1 is 1.46 bits per heavy atom. The first-order valence-corrected chi connectivity index (χ1v) is 9.83. The molecule has 4 atom stereocenters. The number of cyclic esters (lactones) is 1. The van der Waals surface area contributed by atoms with E-state index >= 15 is 0 Å². The van der Waals surface area contributed by atoms with Gasteiger partial charge in [0.1, 0.15) is 0 Å². The number of nitrogens with two attached hydrogens (primary N) is 1. The van der Waals surface area contributed by atoms with Gasteiger partial charge >= 0.3 is 6.09 Å². The quantitative estimate of drug-likeness (QED) is 0.276. The van der Waals surface area contributed by atoms with Gasteiger partial charge in [-0.1, -0.05) is 41.9 Å². The average molecular weight is 390 g/mol. The molecule has 154 valence electrons. The molecule has 0 unspecified atom stereocenters. The van der Waals surface area contributed by atoms with Crippen LogP contribution in [0, 0.1) is 6.92 Å². The summed E-state index contributed by atoms with van der Waals surface area (Å²) in [6.07, 6.45) is 1.11. The summed E-state index contributed by atoms with van der Waals surface area (Å²) in [5.74, 6) is 0. The molecule has 1 aromatic rings. The molecule has 1 aliphatic rings. The highest BCUT2D eigenvalue weighted by molar-refractivity contribution is 5.72. The minimum Gasteiger partial charge on any atom is -0.438 e. The maximum atomic E-state index is 12.6. The number of azide groups is 1. The van der Waals surface area contributed by atoms with Gasteiger partial charge in [0.15, 0.2) is 5.60 Å². The molecule has 0 aliphatic carbocycles. The molecule has 1 fully saturated rings. The van der Waals surface area contributed by atoms with E-state index in [2.05, 4.69) is 16.1 Å². The number of rotatable bonds is 10. The van der Waals surface area contributed by atoms with E-state index in [1.807, 2.05) is 32.0 Å². The molecule has 8 nitrogen and oxygen atoms in total. The maximum absolute atomic E-state index is 12.6. The fraction of sp³-hybridized carbons (Fsp3) is 0.650. The summed E-state index contributed by atoms with van der Waals surface area (Å²) in [5.41, 5.74) is 16.1. The SMILES string of the molecule is CC[C@@H](O)[C@@]1(C)OC(=O)N(CCCCN=[N+]=[N-])[C@@H]1[C@H](N)Cc1cccc(C)c1. The van der Waals surface area contributed by atoms with Crippen LogP contribution in [0.15, 0.2) is 29.4 Å². The van der Waals surface area contributed by atoms with Crippen LogP contribution < -0.4 is 5.73 Å². The number of unbranched alkanes of at least 4 members (excludes halogenated alkanes) is 1. The van der Waals surface area contributed by atoms with Gasteiger partial charge in [-0.05, 0) is 50.6 Å². The molecule has 0 spiro atoms. The van der Waals surface area contributed by atoms with Gasteiger partial charge in [0, 0.05) is 24.0 Å². The van der Waals surface area contributed by atoms with Crippen molar-refractivity contribution < 1.29 is 14.6 Å². The number of aliphatic hydroxyl groups excluding tert-OH is 1. The van der Waals surface area contributed by atoms with Gasteiger partial charge < -0.3 is 15.6 Å². The highest BCUT2D eigenvalue weighted by atomic mass is 16.6. The van der Waals surface area contributed by atoms with E-state index in [0.29, 0.717) is 38.8 Å². The first-order chi connectivity index (χ1) is 13.3. The van der Waals surface area contributed by atoms with Crippen molar-refractivity contribution in [2.45, 2.75) is 70.2 Å². The van der Waals surface area contributed by atoms with E-state index in [9.17, 15) is 9.90 Å². The van der Waals surface area contributed by atoms with Crippen LogP contribution in [-0.2, 0) is 11.2 Å². The summed E-state index contributed by atoms with van der Waals surface area (Å²) >= 11 is 0. The predicted molar refractivity (Wildman–Crippen MR) is 108 cm³/mol. The van der Waals surface area contributed by atoms with Crippen LogP contribution in [0.3, 0.4) is 0 Å². The van der Waals surface area contributed by atoms with Crippen LogP contribution in [0.1, 0.15) is 44.2 Å². The van der Waals surface area contributed by atoms with E-state index < -0.39 is 29.9 Å². The molecule has 28 heavy (non-hydrogen) atoms. The number of carbonyl (C=O) groups excluding carboxylic acids is 1. The highest BCUT2D eigenvalue weighted by Crippen LogP contribution is 2.36. The molecule has 1 heterocycles. The smallest absolute Gasteiger partial charge is 0.410 e. The van der Waals surface area contributed by atoms with Crippen LogP contribution in [-0.4, -0.2) is 53.0 Å². The predicted octanol–water partition coefficient (Wildman–Crippen LogP) is 3.31. The molecule has 3 N–H and O–H groups in total. The Morgan fingerprint density at radius 2 is 2.21 bits per heavy atom. The third-order valence-electron chi connectivity index (χ3n) is 5.44. The summed E-state index contributed by atoms with van der Waals surface area (Å²) in [6.45, 7) is 6.47. The van der Waals surface area contributed by atoms with Crippen LogP contribution in [0.2, 0.25) is 0 Å². The minimum absolute atomic E-state index is 0.383. The number of hydrogen-bond acceptors (Lipinski definition) is 5. The fourth-order valence-electron chi connectivity index (χ4n) is 4.02. The molecule has 0 bridgehead atoms. The number of ether oxygens (including phenoxy) is 1. The minimum atomic E-state index is -1.07. The topological polar surface area (TPSA) is 125 Å². The zero-order chi connectivity index (χ0) is 20.7. The van der Waals surface area contributed by atoms with Crippen molar-refractivity contribution in [3.05, 3.63) is 45.8 Å². The number of benzene rings is 1. The standard InChI is InChI=1S/C20H31N5O3/c1-4-17(26)20(3)18(16(21)13-15-9-7-8-14(2)12-15)25(19(27)28-20)11-6-5-10-23-24-22/h7-9,12,16-18,26H,4-6,10-11,13,21H2,1-3H3/t16-,17-,18-,20-/m1/s1. The molecule has 1 amide bonds. The van der Waals surface area contributed by atoms with Crippen molar-refractivity contribution in [3.63, 3.8) is 0 Å². The lowest BCUT2D eigenvalue weighted by Gasteiger charge is -2.38. The second kappa shape index (κ2) is 9.78. The number of amides is 1. The number of carbonyl (C=O) groups is 1. The summed E-state index contributed by atoms with van der Waals surface area (Å²) < 4.78 is 5.66. The molecule has 0 aromatic heterocycles. The second-order valence-corrected chi connectivity index (χ2v) is 7.63. The van der Waals surface area contributed by atoms with Gasteiger partial charge in [-0.25, -0.2) is 4.79 Å². The van der Waals surface area contributed by atoms with E-state index in [-0.39, 0.29) is 0 Å². The second-order valence-electron chi connectivity index (χ2n) is 7.63. The van der Waals surface area contributed by atoms with Crippen molar-refractivity contribution in [1.29, 1.82) is 0 Å². The number of hydrogen-bond donors (Lipinski definition) is 2. The molecule has 8 heteroatoms. The largest absolute Gasteiger partial charge is 0.438 e. The van der Waals surface area contributed by atoms with Crippen LogP contribution in [0.25, 0.3) is 10.4 Å². The Kier molecular flexibility index (Phi) is 7.69. The lowest BCUT2D eigenvalue weighted by molar-refractivity contribution is -0.0655. The maximum Gasteiger partial charge on any atom is 0.410 e. The lowest BCUT2D eigenvalue weighted by atomic mass is 9.82. The third-order valence-corrected chi connectivity index (χ3v) is 5.44. The molecule has 1 aliphatic heterocycles. The van der Waals surface area contributed by atoms with Crippen LogP contribution in [0.4, 0.5) is 4.79 Å². The van der Waals surface area contributed by atoms with E-state index in [1.54, 1.807) is 11.8 Å². The molecular weight excluding hydrogens is 358 g/mol. The van der Waals surface area contributed by atoms with Crippen LogP contribution in [0.5, 0.6) is 0 Å². The monoisotopic (exact) mass is 389 g/mol. The van der Waals surface area contributed by atoms with Gasteiger partial charge in [-0.3, -0.25) is 4.90 Å². The zero-order valence-electron chi connectivity index (χ0n) is 16.9.